The van der Waals surface area contributed by atoms with Gasteiger partial charge in [0.05, 0.1) is 5.02 Å². The Morgan fingerprint density at radius 3 is 2.56 bits per heavy atom. The summed E-state index contributed by atoms with van der Waals surface area (Å²) in [5, 5.41) is 16.0. The summed E-state index contributed by atoms with van der Waals surface area (Å²) in [4.78, 5) is 0. The van der Waals surface area contributed by atoms with Gasteiger partial charge in [0.15, 0.2) is 0 Å². The topological polar surface area (TPSA) is 62.8 Å². The highest BCUT2D eigenvalue weighted by Gasteiger charge is 2.13. The molecule has 0 aromatic heterocycles. The molecular formula is C27H28BrClN2O3. The zero-order valence-corrected chi connectivity index (χ0v) is 21.3. The Labute approximate surface area is 214 Å². The maximum atomic E-state index is 9.29. The molecule has 0 bridgehead atoms. The van der Waals surface area contributed by atoms with E-state index in [4.69, 9.17) is 27.5 Å². The maximum Gasteiger partial charge on any atom is 0.148 e. The first-order valence-electron chi connectivity index (χ1n) is 11.0. The summed E-state index contributed by atoms with van der Waals surface area (Å²) in [5.41, 5.74) is 4.09. The van der Waals surface area contributed by atoms with Crippen molar-refractivity contribution in [2.45, 2.75) is 26.3 Å². The highest BCUT2D eigenvalue weighted by Crippen LogP contribution is 2.35. The zero-order valence-electron chi connectivity index (χ0n) is 19.0. The van der Waals surface area contributed by atoms with Gasteiger partial charge < -0.3 is 19.9 Å². The molecule has 3 aromatic rings. The second kappa shape index (κ2) is 13.4. The van der Waals surface area contributed by atoms with Gasteiger partial charge in [-0.05, 0) is 40.0 Å². The van der Waals surface area contributed by atoms with E-state index in [2.05, 4.69) is 50.7 Å². The average molecular weight is 544 g/mol. The molecule has 0 spiro atoms. The third-order valence-corrected chi connectivity index (χ3v) is 6.26. The Bertz CT molecular complexity index is 1120. The molecular weight excluding hydrogens is 516 g/mol. The van der Waals surface area contributed by atoms with E-state index in [0.29, 0.717) is 42.8 Å². The summed E-state index contributed by atoms with van der Waals surface area (Å²) in [6.07, 6.45) is 4.85. The number of aliphatic hydroxyl groups excluding tert-OH is 1. The summed E-state index contributed by atoms with van der Waals surface area (Å²) in [6, 6.07) is 19.9. The number of ether oxygens (including phenoxy) is 2. The second-order valence-corrected chi connectivity index (χ2v) is 8.82. The molecule has 3 rings (SSSR count). The minimum absolute atomic E-state index is 0.141. The van der Waals surface area contributed by atoms with Gasteiger partial charge in [-0.3, -0.25) is 5.32 Å². The third kappa shape index (κ3) is 7.49. The first kappa shape index (κ1) is 26.1. The zero-order chi connectivity index (χ0) is 24.3. The molecule has 1 atom stereocenters. The second-order valence-electron chi connectivity index (χ2n) is 7.62. The van der Waals surface area contributed by atoms with Gasteiger partial charge in [0, 0.05) is 41.3 Å². The number of benzene rings is 3. The summed E-state index contributed by atoms with van der Waals surface area (Å²) >= 11 is 10.3. The molecule has 0 amide bonds. The van der Waals surface area contributed by atoms with Gasteiger partial charge in [0.1, 0.15) is 30.9 Å². The monoisotopic (exact) mass is 542 g/mol. The molecule has 3 aromatic carbocycles. The maximum absolute atomic E-state index is 9.29. The van der Waals surface area contributed by atoms with E-state index in [1.807, 2.05) is 36.4 Å². The van der Waals surface area contributed by atoms with Crippen LogP contribution >= 0.6 is 27.5 Å². The van der Waals surface area contributed by atoms with Crippen molar-refractivity contribution in [2.24, 2.45) is 0 Å². The van der Waals surface area contributed by atoms with Crippen LogP contribution < -0.4 is 20.1 Å². The smallest absolute Gasteiger partial charge is 0.148 e. The Morgan fingerprint density at radius 2 is 1.82 bits per heavy atom. The molecule has 0 heterocycles. The molecule has 0 aliphatic heterocycles. The third-order valence-electron chi connectivity index (χ3n) is 5.03. The fourth-order valence-corrected chi connectivity index (χ4v) is 4.21. The van der Waals surface area contributed by atoms with E-state index >= 15 is 0 Å². The lowest BCUT2D eigenvalue weighted by Crippen LogP contribution is -2.32. The number of halogens is 2. The van der Waals surface area contributed by atoms with Crippen molar-refractivity contribution in [1.82, 2.24) is 10.6 Å². The van der Waals surface area contributed by atoms with Crippen molar-refractivity contribution in [3.05, 3.63) is 81.3 Å². The fourth-order valence-electron chi connectivity index (χ4n) is 3.36. The quantitative estimate of drug-likeness (QED) is 0.163. The van der Waals surface area contributed by atoms with Gasteiger partial charge in [-0.15, -0.1) is 6.42 Å². The van der Waals surface area contributed by atoms with Gasteiger partial charge in [-0.2, -0.15) is 0 Å². The van der Waals surface area contributed by atoms with Crippen LogP contribution in [-0.4, -0.2) is 31.0 Å². The van der Waals surface area contributed by atoms with Crippen LogP contribution in [0.3, 0.4) is 0 Å². The summed E-state index contributed by atoms with van der Waals surface area (Å²) in [5.74, 6) is 3.63. The molecule has 0 saturated heterocycles. The summed E-state index contributed by atoms with van der Waals surface area (Å²) < 4.78 is 12.8. The first-order chi connectivity index (χ1) is 16.5. The standard InChI is InChI=1S/C27H28BrClN2O3/c1-3-14-33-25-16-26(24(29)15-22(25)17-30-12-13-31-19(2)32)34-18-21-10-7-11-23(27(21)28)20-8-5-4-6-9-20/h1,4-11,15-16,19,30-32H,12-14,17-18H2,2H3. The molecule has 0 radical (unpaired) electrons. The Kier molecular flexibility index (Phi) is 10.3. The number of hydrogen-bond acceptors (Lipinski definition) is 5. The number of aliphatic hydroxyl groups is 1. The molecule has 7 heteroatoms. The number of terminal acetylenes is 1. The van der Waals surface area contributed by atoms with E-state index in [-0.39, 0.29) is 6.61 Å². The largest absolute Gasteiger partial charge is 0.487 e. The van der Waals surface area contributed by atoms with Crippen molar-refractivity contribution in [3.63, 3.8) is 0 Å². The van der Waals surface area contributed by atoms with Crippen molar-refractivity contribution < 1.29 is 14.6 Å². The predicted molar refractivity (Wildman–Crippen MR) is 141 cm³/mol. The van der Waals surface area contributed by atoms with Gasteiger partial charge in [-0.1, -0.05) is 66.1 Å². The van der Waals surface area contributed by atoms with Crippen molar-refractivity contribution in [1.29, 1.82) is 0 Å². The lowest BCUT2D eigenvalue weighted by Gasteiger charge is -2.16. The Hall–Kier alpha value is -2.53. The molecule has 0 aliphatic carbocycles. The Balaban J connectivity index is 1.73. The van der Waals surface area contributed by atoms with E-state index in [1.165, 1.54) is 0 Å². The van der Waals surface area contributed by atoms with Crippen LogP contribution in [0, 0.1) is 12.3 Å². The number of hydrogen-bond donors (Lipinski definition) is 3. The average Bonchev–Trinajstić information content (AvgIpc) is 2.83. The molecule has 5 nitrogen and oxygen atoms in total. The van der Waals surface area contributed by atoms with Gasteiger partial charge in [0.25, 0.3) is 0 Å². The summed E-state index contributed by atoms with van der Waals surface area (Å²) in [7, 11) is 0. The number of rotatable bonds is 12. The van der Waals surface area contributed by atoms with Crippen molar-refractivity contribution >= 4 is 27.5 Å². The molecule has 34 heavy (non-hydrogen) atoms. The highest BCUT2D eigenvalue weighted by molar-refractivity contribution is 9.10. The molecule has 0 aliphatic rings. The van der Waals surface area contributed by atoms with Crippen LogP contribution in [0.15, 0.2) is 65.1 Å². The van der Waals surface area contributed by atoms with Crippen LogP contribution in [0.4, 0.5) is 0 Å². The van der Waals surface area contributed by atoms with Crippen LogP contribution in [0.1, 0.15) is 18.1 Å². The first-order valence-corrected chi connectivity index (χ1v) is 12.1. The Morgan fingerprint density at radius 1 is 1.03 bits per heavy atom. The molecule has 3 N–H and O–H groups in total. The molecule has 178 valence electrons. The highest BCUT2D eigenvalue weighted by atomic mass is 79.9. The van der Waals surface area contributed by atoms with Crippen LogP contribution in [0.2, 0.25) is 5.02 Å². The van der Waals surface area contributed by atoms with Crippen LogP contribution in [0.25, 0.3) is 11.1 Å². The van der Waals surface area contributed by atoms with Crippen LogP contribution in [-0.2, 0) is 13.2 Å². The lowest BCUT2D eigenvalue weighted by molar-refractivity contribution is 0.157. The van der Waals surface area contributed by atoms with E-state index < -0.39 is 6.23 Å². The van der Waals surface area contributed by atoms with E-state index in [0.717, 1.165) is 26.7 Å². The van der Waals surface area contributed by atoms with Gasteiger partial charge in [0.2, 0.25) is 0 Å². The van der Waals surface area contributed by atoms with Crippen LogP contribution in [0.5, 0.6) is 11.5 Å². The van der Waals surface area contributed by atoms with E-state index in [1.54, 1.807) is 13.0 Å². The van der Waals surface area contributed by atoms with Crippen molar-refractivity contribution in [3.8, 4) is 35.0 Å². The van der Waals surface area contributed by atoms with Crippen molar-refractivity contribution in [2.75, 3.05) is 19.7 Å². The van der Waals surface area contributed by atoms with Gasteiger partial charge in [-0.25, -0.2) is 0 Å². The fraction of sp³-hybridized carbons (Fsp3) is 0.259. The normalized spacial score (nSPS) is 11.6. The van der Waals surface area contributed by atoms with E-state index in [9.17, 15) is 5.11 Å². The lowest BCUT2D eigenvalue weighted by atomic mass is 10.0. The molecule has 0 fully saturated rings. The minimum atomic E-state index is -0.546. The van der Waals surface area contributed by atoms with Gasteiger partial charge >= 0.3 is 0 Å². The molecule has 0 saturated carbocycles. The predicted octanol–water partition coefficient (Wildman–Crippen LogP) is 5.38. The molecule has 1 unspecified atom stereocenters. The number of nitrogens with one attached hydrogen (secondary N) is 2. The minimum Gasteiger partial charge on any atom is -0.487 e. The SMILES string of the molecule is C#CCOc1cc(OCc2cccc(-c3ccccc3)c2Br)c(Cl)cc1CNCCNC(C)O. The summed E-state index contributed by atoms with van der Waals surface area (Å²) in [6.45, 7) is 3.98.